The molecule has 136 valence electrons. The normalized spacial score (nSPS) is 15.7. The molecule has 1 aliphatic rings. The first kappa shape index (κ1) is 17.4. The number of pyridine rings is 1. The van der Waals surface area contributed by atoms with Gasteiger partial charge in [0.2, 0.25) is 0 Å². The van der Waals surface area contributed by atoms with Gasteiger partial charge < -0.3 is 10.2 Å². The smallest absolute Gasteiger partial charge is 0.289 e. The molecule has 0 radical (unpaired) electrons. The van der Waals surface area contributed by atoms with Crippen LogP contribution in [-0.2, 0) is 6.54 Å². The molecule has 0 spiro atoms. The zero-order valence-electron chi connectivity index (χ0n) is 13.8. The maximum Gasteiger partial charge on any atom is 0.289 e. The molecule has 3 aromatic rings. The second-order valence-corrected chi connectivity index (χ2v) is 7.36. The van der Waals surface area contributed by atoms with E-state index in [1.807, 2.05) is 17.5 Å². The summed E-state index contributed by atoms with van der Waals surface area (Å²) in [5.41, 5.74) is 1.40. The van der Waals surface area contributed by atoms with Gasteiger partial charge in [0.15, 0.2) is 0 Å². The molecular weight excluding hydrogens is 388 g/mol. The second kappa shape index (κ2) is 6.98. The molecule has 0 aliphatic carbocycles. The monoisotopic (exact) mass is 400 g/mol. The van der Waals surface area contributed by atoms with Gasteiger partial charge in [0.05, 0.1) is 22.7 Å². The lowest BCUT2D eigenvalue weighted by Crippen LogP contribution is -2.31. The zero-order valence-corrected chi connectivity index (χ0v) is 15.4. The molecular formula is C18H13ClN4O3S. The molecule has 1 aromatic carbocycles. The molecule has 1 unspecified atom stereocenters. The van der Waals surface area contributed by atoms with Gasteiger partial charge in [-0.2, -0.15) is 0 Å². The summed E-state index contributed by atoms with van der Waals surface area (Å²) in [5.74, 6) is -0.132. The van der Waals surface area contributed by atoms with Gasteiger partial charge in [-0.1, -0.05) is 17.7 Å². The van der Waals surface area contributed by atoms with Crippen LogP contribution < -0.4 is 5.32 Å². The van der Waals surface area contributed by atoms with Crippen molar-refractivity contribution >= 4 is 40.2 Å². The number of amides is 1. The van der Waals surface area contributed by atoms with E-state index in [9.17, 15) is 14.9 Å². The molecule has 0 bridgehead atoms. The van der Waals surface area contributed by atoms with Crippen molar-refractivity contribution < 1.29 is 9.72 Å². The van der Waals surface area contributed by atoms with Gasteiger partial charge >= 0.3 is 0 Å². The van der Waals surface area contributed by atoms with E-state index in [1.54, 1.807) is 40.6 Å². The van der Waals surface area contributed by atoms with Crippen molar-refractivity contribution in [3.05, 3.63) is 85.3 Å². The molecule has 0 saturated heterocycles. The fourth-order valence-corrected chi connectivity index (χ4v) is 3.91. The lowest BCUT2D eigenvalue weighted by atomic mass is 10.2. The third-order valence-electron chi connectivity index (χ3n) is 4.25. The Morgan fingerprint density at radius 3 is 2.89 bits per heavy atom. The van der Waals surface area contributed by atoms with Gasteiger partial charge in [-0.3, -0.25) is 19.9 Å². The molecule has 2 aromatic heterocycles. The van der Waals surface area contributed by atoms with Crippen molar-refractivity contribution in [1.82, 2.24) is 9.88 Å². The van der Waals surface area contributed by atoms with Crippen LogP contribution in [0.25, 0.3) is 0 Å². The number of carbonyl (C=O) groups is 1. The number of aromatic nitrogens is 1. The van der Waals surface area contributed by atoms with Gasteiger partial charge in [-0.05, 0) is 35.7 Å². The number of nitrogens with one attached hydrogen (secondary N) is 1. The van der Waals surface area contributed by atoms with E-state index in [0.29, 0.717) is 23.5 Å². The van der Waals surface area contributed by atoms with Crippen LogP contribution in [0.1, 0.15) is 27.1 Å². The summed E-state index contributed by atoms with van der Waals surface area (Å²) < 4.78 is 0. The average molecular weight is 401 g/mol. The van der Waals surface area contributed by atoms with E-state index in [0.717, 1.165) is 4.88 Å². The number of nitro groups is 1. The predicted octanol–water partition coefficient (Wildman–Crippen LogP) is 4.47. The van der Waals surface area contributed by atoms with Crippen molar-refractivity contribution in [1.29, 1.82) is 0 Å². The molecule has 1 amide bonds. The Morgan fingerprint density at radius 1 is 1.30 bits per heavy atom. The molecule has 1 N–H and O–H groups in total. The summed E-state index contributed by atoms with van der Waals surface area (Å²) in [4.78, 5) is 30.6. The lowest BCUT2D eigenvalue weighted by Gasteiger charge is -2.26. The first-order valence-corrected chi connectivity index (χ1v) is 9.29. The number of anilines is 1. The molecule has 1 atom stereocenters. The van der Waals surface area contributed by atoms with Crippen LogP contribution >= 0.6 is 22.9 Å². The van der Waals surface area contributed by atoms with Crippen molar-refractivity contribution in [3.63, 3.8) is 0 Å². The van der Waals surface area contributed by atoms with Crippen LogP contribution in [0.5, 0.6) is 0 Å². The first-order chi connectivity index (χ1) is 13.0. The minimum Gasteiger partial charge on any atom is -0.360 e. The van der Waals surface area contributed by atoms with Crippen LogP contribution in [0.4, 0.5) is 11.4 Å². The summed E-state index contributed by atoms with van der Waals surface area (Å²) in [5, 5.41) is 16.4. The minimum atomic E-state index is -0.539. The number of hydrogen-bond donors (Lipinski definition) is 1. The summed E-state index contributed by atoms with van der Waals surface area (Å²) in [6.07, 6.45) is 1.09. The van der Waals surface area contributed by atoms with Gasteiger partial charge in [-0.25, -0.2) is 0 Å². The first-order valence-electron chi connectivity index (χ1n) is 8.03. The Labute approximate surface area is 163 Å². The summed E-state index contributed by atoms with van der Waals surface area (Å²) in [6.45, 7) is 0.417. The Hall–Kier alpha value is -2.97. The van der Waals surface area contributed by atoms with Crippen LogP contribution in [0.2, 0.25) is 5.02 Å². The van der Waals surface area contributed by atoms with Crippen LogP contribution in [0.15, 0.2) is 54.0 Å². The lowest BCUT2D eigenvalue weighted by molar-refractivity contribution is -0.384. The Morgan fingerprint density at radius 2 is 2.15 bits per heavy atom. The minimum absolute atomic E-state index is 0.0574. The fraction of sp³-hybridized carbons (Fsp3) is 0.111. The number of hydrogen-bond acceptors (Lipinski definition) is 6. The molecule has 3 heterocycles. The highest BCUT2D eigenvalue weighted by atomic mass is 35.5. The third kappa shape index (κ3) is 3.24. The SMILES string of the molecule is O=C1c2cccnc2C(Nc2ccc(Cl)c([N+](=O)[O-])c2)N1Cc1cccs1. The highest BCUT2D eigenvalue weighted by Gasteiger charge is 2.38. The van der Waals surface area contributed by atoms with Gasteiger partial charge in [0.1, 0.15) is 11.2 Å². The number of carbonyl (C=O) groups excluding carboxylic acids is 1. The maximum atomic E-state index is 12.9. The van der Waals surface area contributed by atoms with Gasteiger partial charge in [0.25, 0.3) is 11.6 Å². The number of fused-ring (bicyclic) bond motifs is 1. The summed E-state index contributed by atoms with van der Waals surface area (Å²) >= 11 is 7.45. The van der Waals surface area contributed by atoms with Crippen LogP contribution in [0.3, 0.4) is 0 Å². The van der Waals surface area contributed by atoms with E-state index in [-0.39, 0.29) is 16.6 Å². The summed E-state index contributed by atoms with van der Waals surface area (Å²) in [7, 11) is 0. The molecule has 27 heavy (non-hydrogen) atoms. The fourth-order valence-electron chi connectivity index (χ4n) is 3.02. The standard InChI is InChI=1S/C18H13ClN4O3S/c19-14-6-5-11(9-15(14)23(25)26)21-17-16-13(4-1-7-20-16)18(24)22(17)10-12-3-2-8-27-12/h1-9,17,21H,10H2. The van der Waals surface area contributed by atoms with Crippen molar-refractivity contribution in [2.75, 3.05) is 5.32 Å². The average Bonchev–Trinajstić information content (AvgIpc) is 3.26. The molecule has 7 nitrogen and oxygen atoms in total. The number of nitro benzene ring substituents is 1. The quantitative estimate of drug-likeness (QED) is 0.504. The Balaban J connectivity index is 1.70. The zero-order chi connectivity index (χ0) is 19.0. The van der Waals surface area contributed by atoms with Gasteiger partial charge in [0, 0.05) is 22.8 Å². The van der Waals surface area contributed by atoms with Crippen molar-refractivity contribution in [2.24, 2.45) is 0 Å². The van der Waals surface area contributed by atoms with E-state index >= 15 is 0 Å². The molecule has 0 saturated carbocycles. The van der Waals surface area contributed by atoms with Crippen LogP contribution in [0, 0.1) is 10.1 Å². The Kier molecular flexibility index (Phi) is 4.51. The summed E-state index contributed by atoms with van der Waals surface area (Å²) in [6, 6.07) is 11.8. The number of nitrogens with zero attached hydrogens (tertiary/aromatic N) is 3. The number of benzene rings is 1. The van der Waals surface area contributed by atoms with E-state index in [4.69, 9.17) is 11.6 Å². The van der Waals surface area contributed by atoms with E-state index in [2.05, 4.69) is 10.3 Å². The molecule has 4 rings (SSSR count). The highest BCUT2D eigenvalue weighted by molar-refractivity contribution is 7.09. The van der Waals surface area contributed by atoms with Gasteiger partial charge in [-0.15, -0.1) is 11.3 Å². The molecule has 9 heteroatoms. The van der Waals surface area contributed by atoms with E-state index < -0.39 is 11.1 Å². The maximum absolute atomic E-state index is 12.9. The number of halogens is 1. The topological polar surface area (TPSA) is 88.4 Å². The molecule has 0 fully saturated rings. The second-order valence-electron chi connectivity index (χ2n) is 5.92. The highest BCUT2D eigenvalue weighted by Crippen LogP contribution is 2.36. The predicted molar refractivity (Wildman–Crippen MR) is 103 cm³/mol. The van der Waals surface area contributed by atoms with Crippen LogP contribution in [-0.4, -0.2) is 20.7 Å². The van der Waals surface area contributed by atoms with Crippen molar-refractivity contribution in [3.8, 4) is 0 Å². The largest absolute Gasteiger partial charge is 0.360 e. The third-order valence-corrected chi connectivity index (χ3v) is 5.43. The van der Waals surface area contributed by atoms with Crippen molar-refractivity contribution in [2.45, 2.75) is 12.7 Å². The number of rotatable bonds is 5. The number of thiophene rings is 1. The molecule has 1 aliphatic heterocycles. The van der Waals surface area contributed by atoms with E-state index in [1.165, 1.54) is 12.1 Å². The Bertz CT molecular complexity index is 1030.